The van der Waals surface area contributed by atoms with Crippen molar-refractivity contribution in [3.05, 3.63) is 46.5 Å². The maximum atomic E-state index is 13.6. The van der Waals surface area contributed by atoms with Crippen molar-refractivity contribution in [3.8, 4) is 0 Å². The molecule has 0 amide bonds. The number of hydrogen-bond donors (Lipinski definition) is 0. The minimum absolute atomic E-state index is 0.302. The smallest absolute Gasteiger partial charge is 0.183 e. The highest BCUT2D eigenvalue weighted by Crippen LogP contribution is 2.55. The highest BCUT2D eigenvalue weighted by atomic mass is 79.9. The fourth-order valence-corrected chi connectivity index (χ4v) is 5.31. The van der Waals surface area contributed by atoms with Crippen LogP contribution < -0.4 is 0 Å². The van der Waals surface area contributed by atoms with Gasteiger partial charge in [-0.05, 0) is 56.3 Å². The van der Waals surface area contributed by atoms with E-state index in [1.54, 1.807) is 0 Å². The number of likely N-dealkylation sites (tertiary alicyclic amines) is 1. The molecule has 1 saturated carbocycles. The Kier molecular flexibility index (Phi) is 3.54. The third-order valence-electron chi connectivity index (χ3n) is 6.12. The number of benzene rings is 1. The van der Waals surface area contributed by atoms with E-state index in [0.29, 0.717) is 23.5 Å². The van der Waals surface area contributed by atoms with Crippen molar-refractivity contribution in [1.82, 2.24) is 4.90 Å². The molecule has 1 aromatic rings. The molecule has 4 rings (SSSR count). The maximum Gasteiger partial charge on any atom is 0.183 e. The van der Waals surface area contributed by atoms with Gasteiger partial charge in [-0.15, -0.1) is 0 Å². The predicted octanol–water partition coefficient (Wildman–Crippen LogP) is 4.31. The molecule has 0 radical (unpaired) electrons. The summed E-state index contributed by atoms with van der Waals surface area (Å²) in [5.41, 5.74) is 0.562. The van der Waals surface area contributed by atoms with Crippen LogP contribution in [0.1, 0.15) is 36.5 Å². The first-order valence-electron chi connectivity index (χ1n) is 8.38. The van der Waals surface area contributed by atoms with E-state index in [1.165, 1.54) is 12.8 Å². The fraction of sp³-hybridized carbons (Fsp3) is 0.526. The summed E-state index contributed by atoms with van der Waals surface area (Å²) in [7, 11) is 0. The number of rotatable bonds is 3. The molecule has 116 valence electrons. The zero-order valence-corrected chi connectivity index (χ0v) is 14.6. The number of nitrogens with zero attached hydrogens (tertiary/aromatic N) is 1. The van der Waals surface area contributed by atoms with E-state index in [4.69, 9.17) is 0 Å². The Morgan fingerprint density at radius 1 is 1.18 bits per heavy atom. The molecule has 22 heavy (non-hydrogen) atoms. The highest BCUT2D eigenvalue weighted by Gasteiger charge is 2.61. The number of Topliss-reactive ketones (excluding diaryl/α,β-unsaturated/α-hetero) is 1. The first kappa shape index (κ1) is 14.6. The Balaban J connectivity index is 1.79. The summed E-state index contributed by atoms with van der Waals surface area (Å²) in [5, 5.41) is 0. The van der Waals surface area contributed by atoms with Crippen LogP contribution in [0.3, 0.4) is 0 Å². The minimum atomic E-state index is -0.302. The molecule has 4 unspecified atom stereocenters. The molecule has 1 aliphatic heterocycles. The molecule has 2 fully saturated rings. The van der Waals surface area contributed by atoms with Gasteiger partial charge < -0.3 is 0 Å². The molecule has 0 N–H and O–H groups in total. The first-order valence-corrected chi connectivity index (χ1v) is 9.17. The van der Waals surface area contributed by atoms with Gasteiger partial charge in [-0.25, -0.2) is 0 Å². The monoisotopic (exact) mass is 359 g/mol. The fourth-order valence-electron chi connectivity index (χ4n) is 5.05. The summed E-state index contributed by atoms with van der Waals surface area (Å²) in [5.74, 6) is 1.72. The number of fused-ring (bicyclic) bond motifs is 2. The van der Waals surface area contributed by atoms with Gasteiger partial charge in [0.1, 0.15) is 0 Å². The summed E-state index contributed by atoms with van der Waals surface area (Å²) in [6, 6.07) is 7.93. The van der Waals surface area contributed by atoms with Crippen LogP contribution in [-0.2, 0) is 0 Å². The van der Waals surface area contributed by atoms with Crippen LogP contribution in [0.5, 0.6) is 0 Å². The van der Waals surface area contributed by atoms with Gasteiger partial charge in [0.15, 0.2) is 5.78 Å². The quantitative estimate of drug-likeness (QED) is 0.591. The molecule has 3 aliphatic rings. The van der Waals surface area contributed by atoms with Crippen LogP contribution in [0.25, 0.3) is 0 Å². The molecular formula is C19H22BrNO. The van der Waals surface area contributed by atoms with Gasteiger partial charge in [-0.2, -0.15) is 0 Å². The normalized spacial score (nSPS) is 37.1. The lowest BCUT2D eigenvalue weighted by atomic mass is 9.70. The number of hydrogen-bond acceptors (Lipinski definition) is 2. The molecule has 0 aromatic heterocycles. The van der Waals surface area contributed by atoms with Crippen LogP contribution >= 0.6 is 15.9 Å². The lowest BCUT2D eigenvalue weighted by Gasteiger charge is -2.46. The molecule has 4 atom stereocenters. The van der Waals surface area contributed by atoms with Crippen LogP contribution in [0.2, 0.25) is 0 Å². The maximum absolute atomic E-state index is 13.6. The molecular weight excluding hydrogens is 338 g/mol. The van der Waals surface area contributed by atoms with Gasteiger partial charge in [0.2, 0.25) is 0 Å². The Hall–Kier alpha value is -0.930. The van der Waals surface area contributed by atoms with E-state index < -0.39 is 0 Å². The van der Waals surface area contributed by atoms with Crippen LogP contribution in [0.4, 0.5) is 0 Å². The largest absolute Gasteiger partial charge is 0.292 e. The van der Waals surface area contributed by atoms with E-state index in [9.17, 15) is 4.79 Å². The van der Waals surface area contributed by atoms with E-state index in [-0.39, 0.29) is 5.54 Å². The van der Waals surface area contributed by atoms with Crippen molar-refractivity contribution in [2.24, 2.45) is 17.8 Å². The van der Waals surface area contributed by atoms with Crippen molar-refractivity contribution in [3.63, 3.8) is 0 Å². The molecule has 1 aromatic carbocycles. The Morgan fingerprint density at radius 3 is 2.45 bits per heavy atom. The number of carbonyl (C=O) groups excluding carboxylic acids is 1. The van der Waals surface area contributed by atoms with Gasteiger partial charge in [0, 0.05) is 16.0 Å². The van der Waals surface area contributed by atoms with E-state index in [1.807, 2.05) is 24.3 Å². The summed E-state index contributed by atoms with van der Waals surface area (Å²) in [6.07, 6.45) is 8.27. The summed E-state index contributed by atoms with van der Waals surface area (Å²) in [4.78, 5) is 16.1. The molecule has 1 heterocycles. The van der Waals surface area contributed by atoms with Crippen molar-refractivity contribution < 1.29 is 4.79 Å². The van der Waals surface area contributed by atoms with Crippen LogP contribution in [-0.4, -0.2) is 29.3 Å². The first-order chi connectivity index (χ1) is 10.6. The Morgan fingerprint density at radius 2 is 1.86 bits per heavy atom. The van der Waals surface area contributed by atoms with Gasteiger partial charge in [0.05, 0.1) is 5.54 Å². The Bertz CT molecular complexity index is 617. The molecule has 0 spiro atoms. The summed E-state index contributed by atoms with van der Waals surface area (Å²) < 4.78 is 1.03. The third-order valence-corrected chi connectivity index (χ3v) is 6.65. The van der Waals surface area contributed by atoms with Gasteiger partial charge >= 0.3 is 0 Å². The van der Waals surface area contributed by atoms with Crippen molar-refractivity contribution in [2.75, 3.05) is 13.1 Å². The highest BCUT2D eigenvalue weighted by molar-refractivity contribution is 9.10. The second-order valence-electron chi connectivity index (χ2n) is 7.04. The van der Waals surface area contributed by atoms with Gasteiger partial charge in [-0.3, -0.25) is 9.69 Å². The number of halogens is 1. The lowest BCUT2D eigenvalue weighted by Crippen LogP contribution is -2.60. The number of ketones is 1. The minimum Gasteiger partial charge on any atom is -0.292 e. The van der Waals surface area contributed by atoms with Crippen LogP contribution in [0, 0.1) is 17.8 Å². The SMILES string of the molecule is CC1C2C=CC(C2)C1(C(=O)c1ccc(Br)cc1)N1CCCC1. The van der Waals surface area contributed by atoms with Crippen molar-refractivity contribution in [2.45, 2.75) is 31.7 Å². The molecule has 1 saturated heterocycles. The lowest BCUT2D eigenvalue weighted by molar-refractivity contribution is 0.0351. The summed E-state index contributed by atoms with van der Waals surface area (Å²) in [6.45, 7) is 4.44. The average molecular weight is 360 g/mol. The van der Waals surface area contributed by atoms with E-state index >= 15 is 0 Å². The Labute approximate surface area is 140 Å². The van der Waals surface area contributed by atoms with Gasteiger partial charge in [0.25, 0.3) is 0 Å². The topological polar surface area (TPSA) is 20.3 Å². The molecule has 2 aliphatic carbocycles. The number of allylic oxidation sites excluding steroid dienone is 1. The standard InChI is InChI=1S/C19H22BrNO/c1-13-15-4-7-16(12-15)19(13,21-10-2-3-11-21)18(22)14-5-8-17(20)9-6-14/h4-9,13,15-16H,2-3,10-12H2,1H3. The molecule has 3 heteroatoms. The van der Waals surface area contributed by atoms with E-state index in [2.05, 4.69) is 39.9 Å². The third kappa shape index (κ3) is 1.91. The molecule has 2 bridgehead atoms. The zero-order valence-electron chi connectivity index (χ0n) is 13.0. The second-order valence-corrected chi connectivity index (χ2v) is 7.95. The molecule has 2 nitrogen and oxygen atoms in total. The summed E-state index contributed by atoms with van der Waals surface area (Å²) >= 11 is 3.47. The second kappa shape index (κ2) is 5.31. The van der Waals surface area contributed by atoms with Gasteiger partial charge in [-0.1, -0.05) is 47.1 Å². The average Bonchev–Trinajstić information content (AvgIpc) is 3.24. The van der Waals surface area contributed by atoms with E-state index in [0.717, 1.165) is 29.5 Å². The van der Waals surface area contributed by atoms with Crippen molar-refractivity contribution >= 4 is 21.7 Å². The zero-order chi connectivity index (χ0) is 15.3. The van der Waals surface area contributed by atoms with Crippen molar-refractivity contribution in [1.29, 1.82) is 0 Å². The predicted molar refractivity (Wildman–Crippen MR) is 91.9 cm³/mol. The number of carbonyl (C=O) groups is 1. The van der Waals surface area contributed by atoms with Crippen LogP contribution in [0.15, 0.2) is 40.9 Å².